The zero-order chi connectivity index (χ0) is 17.2. The Balaban J connectivity index is 1.27. The average molecular weight is 345 g/mol. The highest BCUT2D eigenvalue weighted by molar-refractivity contribution is 5.74. The second-order valence-corrected chi connectivity index (χ2v) is 8.01. The lowest BCUT2D eigenvalue weighted by atomic mass is 9.94. The molecule has 3 unspecified atom stereocenters. The summed E-state index contributed by atoms with van der Waals surface area (Å²) in [6, 6.07) is 1.64. The third kappa shape index (κ3) is 3.54. The molecule has 1 aromatic rings. The molecule has 6 heteroatoms. The van der Waals surface area contributed by atoms with Crippen molar-refractivity contribution in [3.05, 3.63) is 18.2 Å². The Morgan fingerprint density at radius 1 is 1.24 bits per heavy atom. The molecule has 6 nitrogen and oxygen atoms in total. The van der Waals surface area contributed by atoms with Crippen LogP contribution in [0.2, 0.25) is 0 Å². The summed E-state index contributed by atoms with van der Waals surface area (Å²) in [5.74, 6) is 0.979. The molecule has 2 amide bonds. The van der Waals surface area contributed by atoms with Crippen LogP contribution >= 0.6 is 0 Å². The van der Waals surface area contributed by atoms with Crippen molar-refractivity contribution in [3.8, 4) is 0 Å². The van der Waals surface area contributed by atoms with E-state index < -0.39 is 0 Å². The van der Waals surface area contributed by atoms with Gasteiger partial charge in [0.05, 0.1) is 6.04 Å². The number of carbonyl (C=O) groups is 1. The van der Waals surface area contributed by atoms with Crippen molar-refractivity contribution < 1.29 is 4.79 Å². The standard InChI is InChI=1S/C19H31N5O/c1-14-12-17(18-20-9-11-23(14)18)22-19(25)21-13-16-8-5-10-24(16)15-6-3-2-4-7-15/h9,11,14-17H,2-8,10,12-13H2,1H3,(H2,21,22,25). The molecule has 138 valence electrons. The largest absolute Gasteiger partial charge is 0.337 e. The summed E-state index contributed by atoms with van der Waals surface area (Å²) < 4.78 is 2.16. The fourth-order valence-electron chi connectivity index (χ4n) is 5.04. The van der Waals surface area contributed by atoms with Gasteiger partial charge in [-0.1, -0.05) is 19.3 Å². The number of carbonyl (C=O) groups excluding carboxylic acids is 1. The van der Waals surface area contributed by atoms with E-state index in [0.29, 0.717) is 12.1 Å². The van der Waals surface area contributed by atoms with E-state index in [4.69, 9.17) is 0 Å². The van der Waals surface area contributed by atoms with Crippen molar-refractivity contribution >= 4 is 6.03 Å². The monoisotopic (exact) mass is 345 g/mol. The van der Waals surface area contributed by atoms with E-state index in [1.54, 1.807) is 0 Å². The van der Waals surface area contributed by atoms with Crippen LogP contribution in [-0.4, -0.2) is 45.7 Å². The van der Waals surface area contributed by atoms with Gasteiger partial charge in [-0.25, -0.2) is 9.78 Å². The van der Waals surface area contributed by atoms with Crippen LogP contribution in [-0.2, 0) is 0 Å². The van der Waals surface area contributed by atoms with Crippen LogP contribution in [0.15, 0.2) is 12.4 Å². The molecule has 0 aromatic carbocycles. The van der Waals surface area contributed by atoms with Crippen LogP contribution in [0.25, 0.3) is 0 Å². The molecular weight excluding hydrogens is 314 g/mol. The van der Waals surface area contributed by atoms with Gasteiger partial charge < -0.3 is 15.2 Å². The highest BCUT2D eigenvalue weighted by Crippen LogP contribution is 2.32. The zero-order valence-corrected chi connectivity index (χ0v) is 15.3. The molecule has 2 aliphatic heterocycles. The normalized spacial score (nSPS) is 30.4. The highest BCUT2D eigenvalue weighted by Gasteiger charge is 2.33. The fraction of sp³-hybridized carbons (Fsp3) is 0.789. The molecule has 3 heterocycles. The van der Waals surface area contributed by atoms with Gasteiger partial charge in [-0.05, 0) is 45.6 Å². The first-order chi connectivity index (χ1) is 12.2. The highest BCUT2D eigenvalue weighted by atomic mass is 16.2. The third-order valence-electron chi connectivity index (χ3n) is 6.33. The summed E-state index contributed by atoms with van der Waals surface area (Å²) >= 11 is 0. The van der Waals surface area contributed by atoms with Gasteiger partial charge >= 0.3 is 6.03 Å². The Morgan fingerprint density at radius 2 is 2.08 bits per heavy atom. The third-order valence-corrected chi connectivity index (χ3v) is 6.33. The van der Waals surface area contributed by atoms with Crippen molar-refractivity contribution in [1.82, 2.24) is 25.1 Å². The van der Waals surface area contributed by atoms with Crippen LogP contribution in [0.5, 0.6) is 0 Å². The van der Waals surface area contributed by atoms with E-state index in [-0.39, 0.29) is 12.1 Å². The molecule has 0 radical (unpaired) electrons. The average Bonchev–Trinajstić information content (AvgIpc) is 3.33. The van der Waals surface area contributed by atoms with Gasteiger partial charge in [-0.15, -0.1) is 0 Å². The Hall–Kier alpha value is -1.56. The minimum Gasteiger partial charge on any atom is -0.337 e. The molecule has 0 spiro atoms. The van der Waals surface area contributed by atoms with Gasteiger partial charge in [0.2, 0.25) is 0 Å². The van der Waals surface area contributed by atoms with Gasteiger partial charge in [0.15, 0.2) is 0 Å². The number of aromatic nitrogens is 2. The number of nitrogens with zero attached hydrogens (tertiary/aromatic N) is 3. The van der Waals surface area contributed by atoms with Crippen molar-refractivity contribution in [3.63, 3.8) is 0 Å². The molecule has 3 aliphatic rings. The number of fused-ring (bicyclic) bond motifs is 1. The number of likely N-dealkylation sites (tertiary alicyclic amines) is 1. The van der Waals surface area contributed by atoms with Crippen molar-refractivity contribution in [1.29, 1.82) is 0 Å². The maximum atomic E-state index is 12.4. The SMILES string of the molecule is CC1CC(NC(=O)NCC2CCCN2C2CCCCC2)c2nccn21. The van der Waals surface area contributed by atoms with E-state index in [1.807, 2.05) is 12.4 Å². The van der Waals surface area contributed by atoms with Crippen molar-refractivity contribution in [2.24, 2.45) is 0 Å². The summed E-state index contributed by atoms with van der Waals surface area (Å²) in [7, 11) is 0. The fourth-order valence-corrected chi connectivity index (χ4v) is 5.04. The molecule has 25 heavy (non-hydrogen) atoms. The van der Waals surface area contributed by atoms with E-state index in [0.717, 1.165) is 24.8 Å². The Morgan fingerprint density at radius 3 is 2.92 bits per heavy atom. The predicted molar refractivity (Wildman–Crippen MR) is 97.4 cm³/mol. The topological polar surface area (TPSA) is 62.2 Å². The Kier molecular flexibility index (Phi) is 4.97. The van der Waals surface area contributed by atoms with Crippen LogP contribution in [0.4, 0.5) is 4.79 Å². The molecule has 2 fully saturated rings. The van der Waals surface area contributed by atoms with E-state index >= 15 is 0 Å². The first-order valence-electron chi connectivity index (χ1n) is 10.0. The minimum atomic E-state index is -0.0517. The molecule has 1 aliphatic carbocycles. The van der Waals surface area contributed by atoms with E-state index in [1.165, 1.54) is 51.5 Å². The summed E-state index contributed by atoms with van der Waals surface area (Å²) in [5, 5.41) is 6.25. The molecule has 1 saturated carbocycles. The lowest BCUT2D eigenvalue weighted by molar-refractivity contribution is 0.140. The lowest BCUT2D eigenvalue weighted by Crippen LogP contribution is -2.48. The zero-order valence-electron chi connectivity index (χ0n) is 15.3. The van der Waals surface area contributed by atoms with Gasteiger partial charge in [-0.3, -0.25) is 4.90 Å². The second kappa shape index (κ2) is 7.36. The van der Waals surface area contributed by atoms with Gasteiger partial charge in [-0.2, -0.15) is 0 Å². The number of hydrogen-bond acceptors (Lipinski definition) is 3. The Labute approximate surface area is 150 Å². The predicted octanol–water partition coefficient (Wildman–Crippen LogP) is 2.99. The first-order valence-corrected chi connectivity index (χ1v) is 10.0. The summed E-state index contributed by atoms with van der Waals surface area (Å²) in [6.07, 6.45) is 14.0. The van der Waals surface area contributed by atoms with Crippen molar-refractivity contribution in [2.75, 3.05) is 13.1 Å². The summed E-state index contributed by atoms with van der Waals surface area (Å²) in [4.78, 5) is 19.5. The molecular formula is C19H31N5O. The maximum Gasteiger partial charge on any atom is 0.315 e. The summed E-state index contributed by atoms with van der Waals surface area (Å²) in [5.41, 5.74) is 0. The maximum absolute atomic E-state index is 12.4. The van der Waals surface area contributed by atoms with Crippen LogP contribution in [0.3, 0.4) is 0 Å². The van der Waals surface area contributed by atoms with Gasteiger partial charge in [0, 0.05) is 37.1 Å². The number of amides is 2. The molecule has 1 saturated heterocycles. The number of hydrogen-bond donors (Lipinski definition) is 2. The van der Waals surface area contributed by atoms with Crippen LogP contribution < -0.4 is 10.6 Å². The van der Waals surface area contributed by atoms with Crippen molar-refractivity contribution in [2.45, 2.75) is 82.5 Å². The smallest absolute Gasteiger partial charge is 0.315 e. The lowest BCUT2D eigenvalue weighted by Gasteiger charge is -2.35. The molecule has 0 bridgehead atoms. The Bertz CT molecular complexity index is 594. The summed E-state index contributed by atoms with van der Waals surface area (Å²) in [6.45, 7) is 4.14. The number of imidazole rings is 1. The number of urea groups is 1. The molecule has 1 aromatic heterocycles. The number of nitrogens with one attached hydrogen (secondary N) is 2. The second-order valence-electron chi connectivity index (χ2n) is 8.01. The van der Waals surface area contributed by atoms with E-state index in [2.05, 4.69) is 32.0 Å². The first kappa shape index (κ1) is 16.9. The van der Waals surface area contributed by atoms with Gasteiger partial charge in [0.25, 0.3) is 0 Å². The molecule has 4 rings (SSSR count). The minimum absolute atomic E-state index is 0.0306. The van der Waals surface area contributed by atoms with Crippen LogP contribution in [0.1, 0.15) is 76.2 Å². The van der Waals surface area contributed by atoms with Gasteiger partial charge in [0.1, 0.15) is 5.82 Å². The van der Waals surface area contributed by atoms with E-state index in [9.17, 15) is 4.79 Å². The molecule has 3 atom stereocenters. The van der Waals surface area contributed by atoms with Crippen LogP contribution in [0, 0.1) is 0 Å². The number of rotatable bonds is 4. The quantitative estimate of drug-likeness (QED) is 0.882. The molecule has 2 N–H and O–H groups in total.